The van der Waals surface area contributed by atoms with Crippen LogP contribution < -0.4 is 0 Å². The van der Waals surface area contributed by atoms with Gasteiger partial charge in [0, 0.05) is 17.6 Å². The largest absolute Gasteiger partial charge is 0.465 e. The number of hydrogen-bond acceptors (Lipinski definition) is 2. The lowest BCUT2D eigenvalue weighted by Gasteiger charge is -2.60. The number of nitrogens with zero attached hydrogens (tertiary/aromatic N) is 2. The van der Waals surface area contributed by atoms with E-state index in [1.807, 2.05) is 39.0 Å². The molecule has 0 aromatic heterocycles. The molecular weight excluding hydrogens is 300 g/mol. The van der Waals surface area contributed by atoms with Crippen molar-refractivity contribution in [3.05, 3.63) is 35.9 Å². The maximum Gasteiger partial charge on any atom is 0.408 e. The van der Waals surface area contributed by atoms with E-state index in [1.54, 1.807) is 4.90 Å². The molecule has 1 atom stereocenters. The first-order chi connectivity index (χ1) is 11.3. The SMILES string of the molecule is CN1CC2CCC1([C@H](c1ccccc1)N(C(=O)O)C(C)(C)C)CC2. The summed E-state index contributed by atoms with van der Waals surface area (Å²) in [6.45, 7) is 7.09. The molecule has 2 bridgehead atoms. The van der Waals surface area contributed by atoms with Crippen molar-refractivity contribution in [3.8, 4) is 0 Å². The average Bonchev–Trinajstić information content (AvgIpc) is 2.53. The van der Waals surface area contributed by atoms with Gasteiger partial charge in [0.2, 0.25) is 0 Å². The summed E-state index contributed by atoms with van der Waals surface area (Å²) < 4.78 is 0. The van der Waals surface area contributed by atoms with E-state index in [2.05, 4.69) is 24.1 Å². The maximum atomic E-state index is 12.3. The van der Waals surface area contributed by atoms with E-state index in [9.17, 15) is 9.90 Å². The van der Waals surface area contributed by atoms with Crippen molar-refractivity contribution in [2.45, 2.75) is 63.6 Å². The topological polar surface area (TPSA) is 43.8 Å². The Morgan fingerprint density at radius 1 is 1.25 bits per heavy atom. The van der Waals surface area contributed by atoms with Crippen LogP contribution in [-0.2, 0) is 0 Å². The highest BCUT2D eigenvalue weighted by Crippen LogP contribution is 2.52. The molecule has 0 radical (unpaired) electrons. The molecular formula is C20H30N2O2. The third-order valence-corrected chi connectivity index (χ3v) is 6.07. The number of carboxylic acid groups (broad SMARTS) is 1. The number of benzene rings is 1. The Balaban J connectivity index is 2.14. The molecule has 4 rings (SSSR count). The van der Waals surface area contributed by atoms with Crippen LogP contribution in [-0.4, -0.2) is 45.7 Å². The van der Waals surface area contributed by atoms with Crippen LogP contribution in [0.25, 0.3) is 0 Å². The molecule has 1 aliphatic carbocycles. The van der Waals surface area contributed by atoms with E-state index in [0.717, 1.165) is 30.9 Å². The van der Waals surface area contributed by atoms with E-state index in [4.69, 9.17) is 0 Å². The molecule has 1 amide bonds. The Bertz CT molecular complexity index is 585. The number of hydrogen-bond donors (Lipinski definition) is 1. The smallest absolute Gasteiger partial charge is 0.408 e. The van der Waals surface area contributed by atoms with Crippen molar-refractivity contribution in [3.63, 3.8) is 0 Å². The quantitative estimate of drug-likeness (QED) is 0.894. The molecule has 0 spiro atoms. The standard InChI is InChI=1S/C20H30N2O2/c1-19(2,3)22(18(23)24)17(16-8-6-5-7-9-16)20-12-10-15(11-13-20)14-21(20)4/h5-9,15,17H,10-14H2,1-4H3,(H,23,24)/t15?,17-,20?/m0/s1. The normalized spacial score (nSPS) is 28.6. The summed E-state index contributed by atoms with van der Waals surface area (Å²) in [5, 5.41) is 10.1. The van der Waals surface area contributed by atoms with Crippen molar-refractivity contribution in [1.82, 2.24) is 9.80 Å². The fourth-order valence-corrected chi connectivity index (χ4v) is 4.91. The van der Waals surface area contributed by atoms with E-state index in [-0.39, 0.29) is 11.6 Å². The van der Waals surface area contributed by atoms with Gasteiger partial charge >= 0.3 is 6.09 Å². The first kappa shape index (κ1) is 17.3. The second kappa shape index (κ2) is 6.07. The third-order valence-electron chi connectivity index (χ3n) is 6.07. The number of likely N-dealkylation sites (N-methyl/N-ethyl adjacent to an activating group) is 1. The van der Waals surface area contributed by atoms with Crippen LogP contribution in [0.2, 0.25) is 0 Å². The molecule has 1 aromatic carbocycles. The Hall–Kier alpha value is -1.55. The Morgan fingerprint density at radius 3 is 2.29 bits per heavy atom. The van der Waals surface area contributed by atoms with E-state index in [0.29, 0.717) is 0 Å². The van der Waals surface area contributed by atoms with Crippen molar-refractivity contribution in [2.75, 3.05) is 13.6 Å². The molecule has 2 aliphatic heterocycles. The summed E-state index contributed by atoms with van der Waals surface area (Å²) in [5.74, 6) is 0.779. The lowest BCUT2D eigenvalue weighted by molar-refractivity contribution is -0.0867. The second-order valence-electron chi connectivity index (χ2n) is 8.56. The highest BCUT2D eigenvalue weighted by Gasteiger charge is 2.54. The van der Waals surface area contributed by atoms with Crippen LogP contribution >= 0.6 is 0 Å². The summed E-state index contributed by atoms with van der Waals surface area (Å²) in [6.07, 6.45) is 3.75. The number of amides is 1. The molecule has 24 heavy (non-hydrogen) atoms. The molecule has 4 nitrogen and oxygen atoms in total. The summed E-state index contributed by atoms with van der Waals surface area (Å²) in [6, 6.07) is 10.1. The molecule has 4 heteroatoms. The van der Waals surface area contributed by atoms with Gasteiger partial charge in [0.25, 0.3) is 0 Å². The minimum atomic E-state index is -0.827. The molecule has 1 N–H and O–H groups in total. The fourth-order valence-electron chi connectivity index (χ4n) is 4.91. The van der Waals surface area contributed by atoms with E-state index >= 15 is 0 Å². The fraction of sp³-hybridized carbons (Fsp3) is 0.650. The van der Waals surface area contributed by atoms with Gasteiger partial charge in [0.05, 0.1) is 6.04 Å². The van der Waals surface area contributed by atoms with Crippen molar-refractivity contribution < 1.29 is 9.90 Å². The zero-order chi connectivity index (χ0) is 17.5. The van der Waals surface area contributed by atoms with Gasteiger partial charge < -0.3 is 5.11 Å². The number of rotatable bonds is 3. The Kier molecular flexibility index (Phi) is 4.37. The lowest BCUT2D eigenvalue weighted by Crippen LogP contribution is -2.65. The van der Waals surface area contributed by atoms with E-state index < -0.39 is 11.6 Å². The van der Waals surface area contributed by atoms with E-state index in [1.165, 1.54) is 12.8 Å². The number of piperidine rings is 2. The van der Waals surface area contributed by atoms with Gasteiger partial charge in [-0.2, -0.15) is 0 Å². The predicted octanol–water partition coefficient (Wildman–Crippen LogP) is 4.38. The molecule has 3 fully saturated rings. The molecule has 0 unspecified atom stereocenters. The van der Waals surface area contributed by atoms with Gasteiger partial charge in [-0.05, 0) is 65.0 Å². The van der Waals surface area contributed by atoms with Crippen molar-refractivity contribution in [2.24, 2.45) is 5.92 Å². The van der Waals surface area contributed by atoms with Gasteiger partial charge in [-0.1, -0.05) is 30.3 Å². The Labute approximate surface area is 145 Å². The first-order valence-corrected chi connectivity index (χ1v) is 9.04. The van der Waals surface area contributed by atoms with Crippen LogP contribution in [0.15, 0.2) is 30.3 Å². The molecule has 132 valence electrons. The molecule has 1 saturated carbocycles. The van der Waals surface area contributed by atoms with Gasteiger partial charge in [0.15, 0.2) is 0 Å². The minimum Gasteiger partial charge on any atom is -0.465 e. The average molecular weight is 330 g/mol. The highest BCUT2D eigenvalue weighted by atomic mass is 16.4. The summed E-state index contributed by atoms with van der Waals surface area (Å²) in [7, 11) is 2.18. The van der Waals surface area contributed by atoms with Gasteiger partial charge in [-0.15, -0.1) is 0 Å². The van der Waals surface area contributed by atoms with Crippen molar-refractivity contribution >= 4 is 6.09 Å². The second-order valence-corrected chi connectivity index (χ2v) is 8.56. The molecule has 2 heterocycles. The molecule has 3 aliphatic rings. The minimum absolute atomic E-state index is 0.0955. The zero-order valence-corrected chi connectivity index (χ0v) is 15.3. The lowest BCUT2D eigenvalue weighted by atomic mass is 9.65. The highest BCUT2D eigenvalue weighted by molar-refractivity contribution is 5.67. The number of carbonyl (C=O) groups is 1. The first-order valence-electron chi connectivity index (χ1n) is 9.04. The molecule has 1 aromatic rings. The van der Waals surface area contributed by atoms with Gasteiger partial charge in [-0.25, -0.2) is 4.79 Å². The summed E-state index contributed by atoms with van der Waals surface area (Å²) >= 11 is 0. The summed E-state index contributed by atoms with van der Waals surface area (Å²) in [5.41, 5.74) is 0.569. The predicted molar refractivity (Wildman–Crippen MR) is 96.1 cm³/mol. The van der Waals surface area contributed by atoms with Crippen LogP contribution in [0, 0.1) is 5.92 Å². The summed E-state index contributed by atoms with van der Waals surface area (Å²) in [4.78, 5) is 16.4. The Morgan fingerprint density at radius 2 is 1.83 bits per heavy atom. The number of fused-ring (bicyclic) bond motifs is 3. The van der Waals surface area contributed by atoms with Gasteiger partial charge in [0.1, 0.15) is 0 Å². The van der Waals surface area contributed by atoms with Crippen LogP contribution in [0.4, 0.5) is 4.79 Å². The van der Waals surface area contributed by atoms with Crippen molar-refractivity contribution in [1.29, 1.82) is 0 Å². The third kappa shape index (κ3) is 2.81. The maximum absolute atomic E-state index is 12.3. The molecule has 2 saturated heterocycles. The zero-order valence-electron chi connectivity index (χ0n) is 15.3. The monoisotopic (exact) mass is 330 g/mol. The van der Waals surface area contributed by atoms with Crippen LogP contribution in [0.1, 0.15) is 58.1 Å². The van der Waals surface area contributed by atoms with Crippen LogP contribution in [0.3, 0.4) is 0 Å². The van der Waals surface area contributed by atoms with Gasteiger partial charge in [-0.3, -0.25) is 9.80 Å². The van der Waals surface area contributed by atoms with Crippen LogP contribution in [0.5, 0.6) is 0 Å².